The second-order valence-electron chi connectivity index (χ2n) is 3.85. The third-order valence-electron chi connectivity index (χ3n) is 2.27. The number of guanidine groups is 1. The van der Waals surface area contributed by atoms with Gasteiger partial charge in [0.05, 0.1) is 6.54 Å². The molecule has 0 fully saturated rings. The summed E-state index contributed by atoms with van der Waals surface area (Å²) in [5.74, 6) is -0.692. The van der Waals surface area contributed by atoms with Gasteiger partial charge in [0.1, 0.15) is 12.4 Å². The molecule has 0 aromatic heterocycles. The van der Waals surface area contributed by atoms with Crippen LogP contribution < -0.4 is 15.4 Å². The fourth-order valence-corrected chi connectivity index (χ4v) is 1.42. The van der Waals surface area contributed by atoms with Crippen molar-refractivity contribution < 1.29 is 13.5 Å². The maximum atomic E-state index is 13.3. The van der Waals surface area contributed by atoms with Gasteiger partial charge in [-0.1, -0.05) is 6.08 Å². The summed E-state index contributed by atoms with van der Waals surface area (Å²) in [6.07, 6.45) is 1.72. The van der Waals surface area contributed by atoms with Gasteiger partial charge in [0.2, 0.25) is 0 Å². The van der Waals surface area contributed by atoms with E-state index in [-0.39, 0.29) is 36.3 Å². The molecular formula is C14H20F2IN3O. The molecule has 1 aromatic carbocycles. The van der Waals surface area contributed by atoms with E-state index >= 15 is 0 Å². The van der Waals surface area contributed by atoms with Crippen molar-refractivity contribution >= 4 is 29.9 Å². The van der Waals surface area contributed by atoms with Crippen LogP contribution in [0, 0.1) is 11.6 Å². The molecule has 0 amide bonds. The largest absolute Gasteiger partial charge is 0.489 e. The van der Waals surface area contributed by atoms with E-state index < -0.39 is 11.6 Å². The molecule has 118 valence electrons. The zero-order valence-corrected chi connectivity index (χ0v) is 14.2. The van der Waals surface area contributed by atoms with Crippen molar-refractivity contribution in [3.8, 4) is 5.75 Å². The Hall–Kier alpha value is -1.38. The third kappa shape index (κ3) is 7.84. The van der Waals surface area contributed by atoms with Crippen molar-refractivity contribution in [1.82, 2.24) is 10.6 Å². The molecule has 0 saturated carbocycles. The van der Waals surface area contributed by atoms with Crippen LogP contribution in [0.5, 0.6) is 5.75 Å². The number of benzene rings is 1. The molecule has 0 atom stereocenters. The number of hydrogen-bond acceptors (Lipinski definition) is 2. The lowest BCUT2D eigenvalue weighted by Gasteiger charge is -2.10. The van der Waals surface area contributed by atoms with Gasteiger partial charge in [-0.3, -0.25) is 0 Å². The van der Waals surface area contributed by atoms with Gasteiger partial charge >= 0.3 is 0 Å². The Labute approximate surface area is 140 Å². The molecule has 0 bridgehead atoms. The Morgan fingerprint density at radius 1 is 1.38 bits per heavy atom. The first-order valence-electron chi connectivity index (χ1n) is 6.38. The summed E-state index contributed by atoms with van der Waals surface area (Å²) in [7, 11) is 0. The van der Waals surface area contributed by atoms with E-state index in [0.29, 0.717) is 19.0 Å². The molecule has 1 rings (SSSR count). The molecule has 0 heterocycles. The molecular weight excluding hydrogens is 391 g/mol. The number of halogens is 3. The van der Waals surface area contributed by atoms with Crippen LogP contribution >= 0.6 is 24.0 Å². The lowest BCUT2D eigenvalue weighted by atomic mass is 10.3. The number of nitrogens with one attached hydrogen (secondary N) is 2. The van der Waals surface area contributed by atoms with Crippen LogP contribution in [-0.2, 0) is 0 Å². The Bertz CT molecular complexity index is 470. The Balaban J connectivity index is 0.00000400. The lowest BCUT2D eigenvalue weighted by molar-refractivity contribution is 0.310. The van der Waals surface area contributed by atoms with Gasteiger partial charge in [-0.05, 0) is 19.1 Å². The highest BCUT2D eigenvalue weighted by molar-refractivity contribution is 14.0. The van der Waals surface area contributed by atoms with Crippen LogP contribution in [0.3, 0.4) is 0 Å². The van der Waals surface area contributed by atoms with Gasteiger partial charge in [-0.25, -0.2) is 13.8 Å². The number of nitrogens with zero attached hydrogens (tertiary/aromatic N) is 1. The highest BCUT2D eigenvalue weighted by Crippen LogP contribution is 2.17. The van der Waals surface area contributed by atoms with Crippen LogP contribution in [0.2, 0.25) is 0 Å². The molecule has 21 heavy (non-hydrogen) atoms. The van der Waals surface area contributed by atoms with Gasteiger partial charge in [0.25, 0.3) is 0 Å². The first-order valence-corrected chi connectivity index (χ1v) is 6.38. The van der Waals surface area contributed by atoms with Crippen molar-refractivity contribution in [3.63, 3.8) is 0 Å². The van der Waals surface area contributed by atoms with E-state index in [4.69, 9.17) is 4.74 Å². The second kappa shape index (κ2) is 11.3. The summed E-state index contributed by atoms with van der Waals surface area (Å²) >= 11 is 0. The van der Waals surface area contributed by atoms with E-state index in [1.165, 1.54) is 6.07 Å². The molecule has 0 spiro atoms. The first kappa shape index (κ1) is 19.6. The van der Waals surface area contributed by atoms with Gasteiger partial charge < -0.3 is 15.4 Å². The van der Waals surface area contributed by atoms with E-state index in [0.717, 1.165) is 18.7 Å². The lowest BCUT2D eigenvalue weighted by Crippen LogP contribution is -2.37. The number of hydrogen-bond donors (Lipinski definition) is 2. The topological polar surface area (TPSA) is 45.7 Å². The number of rotatable bonds is 7. The molecule has 0 aliphatic rings. The van der Waals surface area contributed by atoms with E-state index in [2.05, 4.69) is 22.2 Å². The summed E-state index contributed by atoms with van der Waals surface area (Å²) in [5, 5.41) is 6.08. The molecule has 0 aliphatic carbocycles. The van der Waals surface area contributed by atoms with Crippen LogP contribution in [0.1, 0.15) is 6.92 Å². The maximum Gasteiger partial charge on any atom is 0.191 e. The first-order chi connectivity index (χ1) is 9.67. The summed E-state index contributed by atoms with van der Waals surface area (Å²) in [4.78, 5) is 4.24. The molecule has 7 heteroatoms. The van der Waals surface area contributed by atoms with Crippen molar-refractivity contribution in [2.75, 3.05) is 26.2 Å². The minimum atomic E-state index is -0.717. The van der Waals surface area contributed by atoms with Crippen molar-refractivity contribution in [3.05, 3.63) is 42.5 Å². The predicted octanol–water partition coefficient (Wildman–Crippen LogP) is 2.70. The van der Waals surface area contributed by atoms with E-state index in [9.17, 15) is 8.78 Å². The average molecular weight is 411 g/mol. The van der Waals surface area contributed by atoms with Crippen LogP contribution in [-0.4, -0.2) is 32.2 Å². The van der Waals surface area contributed by atoms with E-state index in [1.807, 2.05) is 6.92 Å². The molecule has 1 aromatic rings. The van der Waals surface area contributed by atoms with Gasteiger partial charge in [0, 0.05) is 19.2 Å². The maximum absolute atomic E-state index is 13.3. The SMILES string of the molecule is C=CCNC(=NCCOc1ccc(F)cc1F)NCC.I. The van der Waals surface area contributed by atoms with Crippen LogP contribution in [0.25, 0.3) is 0 Å². The molecule has 4 nitrogen and oxygen atoms in total. The fourth-order valence-electron chi connectivity index (χ4n) is 1.42. The quantitative estimate of drug-likeness (QED) is 0.239. The Morgan fingerprint density at radius 3 is 2.76 bits per heavy atom. The Kier molecular flexibility index (Phi) is 10.6. The summed E-state index contributed by atoms with van der Waals surface area (Å²) in [6.45, 7) is 7.44. The number of aliphatic imine (C=N–C) groups is 1. The van der Waals surface area contributed by atoms with Gasteiger partial charge in [-0.15, -0.1) is 30.6 Å². The van der Waals surface area contributed by atoms with Crippen LogP contribution in [0.15, 0.2) is 35.8 Å². The van der Waals surface area contributed by atoms with Gasteiger partial charge in [-0.2, -0.15) is 0 Å². The predicted molar refractivity (Wildman–Crippen MR) is 91.4 cm³/mol. The minimum absolute atomic E-state index is 0. The van der Waals surface area contributed by atoms with E-state index in [1.54, 1.807) is 6.08 Å². The highest BCUT2D eigenvalue weighted by atomic mass is 127. The Morgan fingerprint density at radius 2 is 2.14 bits per heavy atom. The third-order valence-corrected chi connectivity index (χ3v) is 2.27. The summed E-state index contributed by atoms with van der Waals surface area (Å²) < 4.78 is 31.2. The summed E-state index contributed by atoms with van der Waals surface area (Å²) in [6, 6.07) is 3.20. The molecule has 0 aliphatic heterocycles. The molecule has 0 radical (unpaired) electrons. The summed E-state index contributed by atoms with van der Waals surface area (Å²) in [5.41, 5.74) is 0. The van der Waals surface area contributed by atoms with Crippen molar-refractivity contribution in [1.29, 1.82) is 0 Å². The smallest absolute Gasteiger partial charge is 0.191 e. The number of ether oxygens (including phenoxy) is 1. The van der Waals surface area contributed by atoms with Crippen molar-refractivity contribution in [2.45, 2.75) is 6.92 Å². The molecule has 0 saturated heterocycles. The normalized spacial score (nSPS) is 10.5. The van der Waals surface area contributed by atoms with Crippen LogP contribution in [0.4, 0.5) is 8.78 Å². The minimum Gasteiger partial charge on any atom is -0.489 e. The average Bonchev–Trinajstić information content (AvgIpc) is 2.42. The highest BCUT2D eigenvalue weighted by Gasteiger charge is 2.04. The molecule has 0 unspecified atom stereocenters. The zero-order chi connectivity index (χ0) is 14.8. The standard InChI is InChI=1S/C14H19F2N3O.HI/c1-3-7-18-14(17-4-2)19-8-9-20-13-6-5-11(15)10-12(13)16;/h3,5-6,10H,1,4,7-9H2,2H3,(H2,17,18,19);1H. The second-order valence-corrected chi connectivity index (χ2v) is 3.85. The monoisotopic (exact) mass is 411 g/mol. The zero-order valence-electron chi connectivity index (χ0n) is 11.9. The molecule has 2 N–H and O–H groups in total. The van der Waals surface area contributed by atoms with Gasteiger partial charge in [0.15, 0.2) is 17.5 Å². The fraction of sp³-hybridized carbons (Fsp3) is 0.357. The van der Waals surface area contributed by atoms with Crippen molar-refractivity contribution in [2.24, 2.45) is 4.99 Å².